The van der Waals surface area contributed by atoms with Gasteiger partial charge in [-0.1, -0.05) is 0 Å². The topological polar surface area (TPSA) is 123 Å². The van der Waals surface area contributed by atoms with E-state index in [1.165, 1.54) is 16.2 Å². The minimum absolute atomic E-state index is 0.0464. The molecule has 2 aromatic heterocycles. The minimum Gasteiger partial charge on any atom is -0.497 e. The van der Waals surface area contributed by atoms with Gasteiger partial charge >= 0.3 is 5.69 Å². The number of nitrogens with zero attached hydrogens (tertiary/aromatic N) is 4. The number of amides is 1. The maximum absolute atomic E-state index is 13.1. The largest absolute Gasteiger partial charge is 0.497 e. The molecule has 0 atom stereocenters. The second kappa shape index (κ2) is 6.87. The fourth-order valence-electron chi connectivity index (χ4n) is 3.54. The van der Waals surface area contributed by atoms with Crippen LogP contribution in [-0.2, 0) is 7.05 Å². The van der Waals surface area contributed by atoms with Gasteiger partial charge in [0.2, 0.25) is 6.79 Å². The Labute approximate surface area is 175 Å². The van der Waals surface area contributed by atoms with Gasteiger partial charge in [-0.25, -0.2) is 19.3 Å². The van der Waals surface area contributed by atoms with E-state index in [0.717, 1.165) is 0 Å². The van der Waals surface area contributed by atoms with Gasteiger partial charge in [-0.15, -0.1) is 0 Å². The van der Waals surface area contributed by atoms with Gasteiger partial charge < -0.3 is 19.9 Å². The second-order valence-corrected chi connectivity index (χ2v) is 6.88. The number of imidazole rings is 1. The van der Waals surface area contributed by atoms with E-state index in [1.807, 2.05) is 0 Å². The Balaban J connectivity index is 1.80. The molecule has 0 spiro atoms. The van der Waals surface area contributed by atoms with E-state index in [2.05, 4.69) is 9.97 Å². The molecule has 10 heteroatoms. The van der Waals surface area contributed by atoms with Crippen molar-refractivity contribution < 1.29 is 19.0 Å². The first-order valence-corrected chi connectivity index (χ1v) is 9.31. The Morgan fingerprint density at radius 1 is 1.10 bits per heavy atom. The Kier molecular flexibility index (Phi) is 4.14. The standard InChI is InChI=1S/C21H17N5O5/c1-25-17-16(18(22)27)23-19(11-3-6-13(29-2)7-4-11)24-20(17)26(21(25)28)12-5-8-14-15(9-12)31-10-30-14/h3-9H,10H2,1-2H3,(H2,22,27). The van der Waals surface area contributed by atoms with E-state index in [0.29, 0.717) is 28.5 Å². The van der Waals surface area contributed by atoms with Crippen LogP contribution in [0.25, 0.3) is 28.2 Å². The molecule has 3 heterocycles. The molecular formula is C21H17N5O5. The number of ether oxygens (including phenoxy) is 3. The van der Waals surface area contributed by atoms with Gasteiger partial charge in [0.15, 0.2) is 28.7 Å². The third-order valence-corrected chi connectivity index (χ3v) is 5.09. The van der Waals surface area contributed by atoms with Crippen molar-refractivity contribution in [2.45, 2.75) is 0 Å². The molecule has 1 aliphatic rings. The van der Waals surface area contributed by atoms with Crippen molar-refractivity contribution in [1.82, 2.24) is 19.1 Å². The van der Waals surface area contributed by atoms with Crippen LogP contribution in [0, 0.1) is 0 Å². The number of aromatic nitrogens is 4. The van der Waals surface area contributed by atoms with Crippen molar-refractivity contribution in [2.24, 2.45) is 12.8 Å². The van der Waals surface area contributed by atoms with Gasteiger partial charge in [0.25, 0.3) is 5.91 Å². The Morgan fingerprint density at radius 3 is 2.55 bits per heavy atom. The molecule has 10 nitrogen and oxygen atoms in total. The number of methoxy groups -OCH3 is 1. The lowest BCUT2D eigenvalue weighted by Crippen LogP contribution is -2.21. The zero-order chi connectivity index (χ0) is 21.7. The van der Waals surface area contributed by atoms with Crippen LogP contribution in [0.2, 0.25) is 0 Å². The summed E-state index contributed by atoms with van der Waals surface area (Å²) in [7, 11) is 3.10. The highest BCUT2D eigenvalue weighted by molar-refractivity contribution is 6.02. The van der Waals surface area contributed by atoms with Crippen LogP contribution < -0.4 is 25.6 Å². The zero-order valence-electron chi connectivity index (χ0n) is 16.7. The lowest BCUT2D eigenvalue weighted by atomic mass is 10.2. The van der Waals surface area contributed by atoms with E-state index >= 15 is 0 Å². The van der Waals surface area contributed by atoms with Crippen LogP contribution in [0.3, 0.4) is 0 Å². The number of rotatable bonds is 4. The number of nitrogens with two attached hydrogens (primary N) is 1. The van der Waals surface area contributed by atoms with Crippen molar-refractivity contribution in [3.63, 3.8) is 0 Å². The zero-order valence-corrected chi connectivity index (χ0v) is 16.7. The molecule has 156 valence electrons. The molecule has 0 saturated heterocycles. The van der Waals surface area contributed by atoms with Crippen LogP contribution in [0.1, 0.15) is 10.5 Å². The number of carbonyl (C=O) groups is 1. The number of fused-ring (bicyclic) bond motifs is 2. The molecule has 2 aromatic carbocycles. The number of aryl methyl sites for hydroxylation is 1. The number of hydrogen-bond donors (Lipinski definition) is 1. The SMILES string of the molecule is COc1ccc(-c2nc(C(N)=O)c3c(n2)n(-c2ccc4c(c2)OCO4)c(=O)n3C)cc1. The third kappa shape index (κ3) is 2.88. The molecule has 1 amide bonds. The maximum atomic E-state index is 13.1. The van der Waals surface area contributed by atoms with Gasteiger partial charge in [0.05, 0.1) is 12.8 Å². The lowest BCUT2D eigenvalue weighted by Gasteiger charge is -2.08. The van der Waals surface area contributed by atoms with Crippen LogP contribution in [0.4, 0.5) is 0 Å². The normalized spacial score (nSPS) is 12.3. The summed E-state index contributed by atoms with van der Waals surface area (Å²) < 4.78 is 18.7. The summed E-state index contributed by atoms with van der Waals surface area (Å²) in [5.41, 5.74) is 6.79. The summed E-state index contributed by atoms with van der Waals surface area (Å²) in [5, 5.41) is 0. The van der Waals surface area contributed by atoms with Gasteiger partial charge in [0, 0.05) is 18.7 Å². The summed E-state index contributed by atoms with van der Waals surface area (Å²) in [6.45, 7) is 0.110. The Bertz CT molecular complexity index is 1400. The molecule has 31 heavy (non-hydrogen) atoms. The third-order valence-electron chi connectivity index (χ3n) is 5.09. The first-order valence-electron chi connectivity index (χ1n) is 9.31. The smallest absolute Gasteiger partial charge is 0.334 e. The summed E-state index contributed by atoms with van der Waals surface area (Å²) in [5.74, 6) is 1.26. The number of carbonyl (C=O) groups excluding carboxylic acids is 1. The first-order chi connectivity index (χ1) is 15.0. The molecule has 0 radical (unpaired) electrons. The van der Waals surface area contributed by atoms with E-state index in [4.69, 9.17) is 19.9 Å². The summed E-state index contributed by atoms with van der Waals surface area (Å²) >= 11 is 0. The first kappa shape index (κ1) is 18.7. The van der Waals surface area contributed by atoms with Crippen LogP contribution in [0.15, 0.2) is 47.3 Å². The molecule has 5 rings (SSSR count). The van der Waals surface area contributed by atoms with E-state index in [1.54, 1.807) is 49.6 Å². The molecule has 0 unspecified atom stereocenters. The molecule has 2 N–H and O–H groups in total. The van der Waals surface area contributed by atoms with Gasteiger partial charge in [0.1, 0.15) is 11.3 Å². The molecule has 0 fully saturated rings. The molecule has 0 saturated carbocycles. The van der Waals surface area contributed by atoms with Crippen molar-refractivity contribution >= 4 is 17.1 Å². The molecule has 0 aliphatic carbocycles. The van der Waals surface area contributed by atoms with Crippen LogP contribution in [-0.4, -0.2) is 38.9 Å². The van der Waals surface area contributed by atoms with E-state index in [-0.39, 0.29) is 29.5 Å². The quantitative estimate of drug-likeness (QED) is 0.533. The minimum atomic E-state index is -0.763. The van der Waals surface area contributed by atoms with Crippen molar-refractivity contribution in [3.05, 3.63) is 58.6 Å². The maximum Gasteiger partial charge on any atom is 0.334 e. The average Bonchev–Trinajstić information content (AvgIpc) is 3.35. The predicted molar refractivity (Wildman–Crippen MR) is 111 cm³/mol. The van der Waals surface area contributed by atoms with Gasteiger partial charge in [-0.05, 0) is 36.4 Å². The number of primary amides is 1. The van der Waals surface area contributed by atoms with Crippen molar-refractivity contribution in [1.29, 1.82) is 0 Å². The number of hydrogen-bond acceptors (Lipinski definition) is 7. The second-order valence-electron chi connectivity index (χ2n) is 6.88. The molecular weight excluding hydrogens is 402 g/mol. The molecule has 1 aliphatic heterocycles. The number of benzene rings is 2. The highest BCUT2D eigenvalue weighted by Gasteiger charge is 2.24. The summed E-state index contributed by atoms with van der Waals surface area (Å²) in [6.07, 6.45) is 0. The van der Waals surface area contributed by atoms with Crippen LogP contribution >= 0.6 is 0 Å². The fourth-order valence-corrected chi connectivity index (χ4v) is 3.54. The monoisotopic (exact) mass is 419 g/mol. The average molecular weight is 419 g/mol. The summed E-state index contributed by atoms with van der Waals surface area (Å²) in [6, 6.07) is 12.1. The Hall–Kier alpha value is -4.34. The van der Waals surface area contributed by atoms with Gasteiger partial charge in [-0.2, -0.15) is 0 Å². The Morgan fingerprint density at radius 2 is 1.84 bits per heavy atom. The van der Waals surface area contributed by atoms with Gasteiger partial charge in [-0.3, -0.25) is 9.36 Å². The molecule has 4 aromatic rings. The summed E-state index contributed by atoms with van der Waals surface area (Å²) in [4.78, 5) is 34.3. The van der Waals surface area contributed by atoms with Crippen LogP contribution in [0.5, 0.6) is 17.2 Å². The lowest BCUT2D eigenvalue weighted by molar-refractivity contribution is 0.0997. The van der Waals surface area contributed by atoms with E-state index in [9.17, 15) is 9.59 Å². The van der Waals surface area contributed by atoms with Crippen molar-refractivity contribution in [3.8, 4) is 34.3 Å². The highest BCUT2D eigenvalue weighted by Crippen LogP contribution is 2.34. The van der Waals surface area contributed by atoms with Crippen molar-refractivity contribution in [2.75, 3.05) is 13.9 Å². The highest BCUT2D eigenvalue weighted by atomic mass is 16.7. The van der Waals surface area contributed by atoms with E-state index < -0.39 is 11.6 Å². The molecule has 0 bridgehead atoms. The fraction of sp³-hybridized carbons (Fsp3) is 0.143. The predicted octanol–water partition coefficient (Wildman–Crippen LogP) is 1.62.